The van der Waals surface area contributed by atoms with Crippen molar-refractivity contribution in [1.82, 2.24) is 10.4 Å². The second-order valence-electron chi connectivity index (χ2n) is 3.71. The van der Waals surface area contributed by atoms with Crippen LogP contribution in [-0.2, 0) is 0 Å². The van der Waals surface area contributed by atoms with Gasteiger partial charge in [-0.15, -0.1) is 0 Å². The van der Waals surface area contributed by atoms with Gasteiger partial charge in [-0.05, 0) is 29.3 Å². The highest BCUT2D eigenvalue weighted by atomic mass is 35.5. The Kier molecular flexibility index (Phi) is 3.86. The van der Waals surface area contributed by atoms with Crippen molar-refractivity contribution in [2.24, 2.45) is 5.84 Å². The molecule has 0 radical (unpaired) electrons. The Morgan fingerprint density at radius 3 is 2.56 bits per heavy atom. The van der Waals surface area contributed by atoms with E-state index in [1.807, 2.05) is 0 Å². The van der Waals surface area contributed by atoms with E-state index in [2.05, 4.69) is 10.4 Å². The van der Waals surface area contributed by atoms with E-state index in [4.69, 9.17) is 17.4 Å². The lowest BCUT2D eigenvalue weighted by Crippen LogP contribution is -2.29. The smallest absolute Gasteiger partial charge is 0.142 e. The minimum absolute atomic E-state index is 0.0203. The minimum Gasteiger partial charge on any atom is -0.271 e. The van der Waals surface area contributed by atoms with Crippen LogP contribution in [0.2, 0.25) is 5.02 Å². The summed E-state index contributed by atoms with van der Waals surface area (Å²) in [6, 6.07) is 5.01. The molecule has 3 N–H and O–H groups in total. The maximum Gasteiger partial charge on any atom is 0.142 e. The van der Waals surface area contributed by atoms with E-state index in [0.717, 1.165) is 6.20 Å². The molecule has 0 saturated heterocycles. The maximum atomic E-state index is 13.4. The van der Waals surface area contributed by atoms with Crippen molar-refractivity contribution in [2.75, 3.05) is 0 Å². The molecular weight excluding hydrogens is 260 g/mol. The van der Waals surface area contributed by atoms with E-state index in [-0.39, 0.29) is 5.02 Å². The van der Waals surface area contributed by atoms with Crippen molar-refractivity contribution in [2.45, 2.75) is 6.04 Å². The van der Waals surface area contributed by atoms with Crippen molar-refractivity contribution in [3.05, 3.63) is 64.4 Å². The number of nitrogens with one attached hydrogen (secondary N) is 1. The third-order valence-electron chi connectivity index (χ3n) is 2.50. The third-order valence-corrected chi connectivity index (χ3v) is 2.81. The Morgan fingerprint density at radius 1 is 1.17 bits per heavy atom. The lowest BCUT2D eigenvalue weighted by Gasteiger charge is -2.16. The Balaban J connectivity index is 2.42. The number of nitrogens with two attached hydrogens (primary N) is 1. The van der Waals surface area contributed by atoms with Crippen LogP contribution in [0.4, 0.5) is 8.78 Å². The Morgan fingerprint density at radius 2 is 1.94 bits per heavy atom. The molecule has 0 aliphatic heterocycles. The first-order valence-corrected chi connectivity index (χ1v) is 5.51. The number of halogens is 3. The van der Waals surface area contributed by atoms with Crippen LogP contribution in [0.25, 0.3) is 0 Å². The zero-order valence-electron chi connectivity index (χ0n) is 9.20. The van der Waals surface area contributed by atoms with Crippen LogP contribution in [0, 0.1) is 11.6 Å². The van der Waals surface area contributed by atoms with E-state index < -0.39 is 17.7 Å². The van der Waals surface area contributed by atoms with Gasteiger partial charge in [-0.2, -0.15) is 0 Å². The van der Waals surface area contributed by atoms with Gasteiger partial charge < -0.3 is 0 Å². The fourth-order valence-corrected chi connectivity index (χ4v) is 1.78. The van der Waals surface area contributed by atoms with Gasteiger partial charge in [-0.25, -0.2) is 14.2 Å². The molecule has 3 nitrogen and oxygen atoms in total. The van der Waals surface area contributed by atoms with Crippen molar-refractivity contribution in [1.29, 1.82) is 0 Å². The minimum atomic E-state index is -0.557. The van der Waals surface area contributed by atoms with Gasteiger partial charge in [0.2, 0.25) is 0 Å². The molecule has 0 spiro atoms. The van der Waals surface area contributed by atoms with Gasteiger partial charge >= 0.3 is 0 Å². The largest absolute Gasteiger partial charge is 0.271 e. The highest BCUT2D eigenvalue weighted by Gasteiger charge is 2.15. The number of benzene rings is 1. The molecule has 2 aromatic rings. The zero-order valence-corrected chi connectivity index (χ0v) is 9.96. The summed E-state index contributed by atoms with van der Waals surface area (Å²) in [5, 5.41) is 0.0203. The van der Waals surface area contributed by atoms with Crippen molar-refractivity contribution >= 4 is 11.6 Å². The first-order valence-electron chi connectivity index (χ1n) is 5.13. The molecule has 0 bridgehead atoms. The van der Waals surface area contributed by atoms with Gasteiger partial charge in [-0.1, -0.05) is 17.7 Å². The lowest BCUT2D eigenvalue weighted by molar-refractivity contribution is 0.590. The standard InChI is InChI=1S/C12H10ClF2N3/c13-10-2-1-7(4-11(10)15)12(18-16)8-3-9(14)6-17-5-8/h1-6,12,18H,16H2. The summed E-state index contributed by atoms with van der Waals surface area (Å²) in [7, 11) is 0. The van der Waals surface area contributed by atoms with Crippen LogP contribution < -0.4 is 11.3 Å². The van der Waals surface area contributed by atoms with Gasteiger partial charge in [0.15, 0.2) is 0 Å². The average Bonchev–Trinajstić information content (AvgIpc) is 2.35. The van der Waals surface area contributed by atoms with Gasteiger partial charge in [0, 0.05) is 6.20 Å². The van der Waals surface area contributed by atoms with E-state index >= 15 is 0 Å². The first-order chi connectivity index (χ1) is 8.61. The summed E-state index contributed by atoms with van der Waals surface area (Å²) in [6.07, 6.45) is 2.54. The maximum absolute atomic E-state index is 13.4. The van der Waals surface area contributed by atoms with Crippen LogP contribution in [0.1, 0.15) is 17.2 Å². The molecule has 1 unspecified atom stereocenters. The summed E-state index contributed by atoms with van der Waals surface area (Å²) in [6.45, 7) is 0. The molecule has 0 amide bonds. The second kappa shape index (κ2) is 5.39. The molecule has 0 fully saturated rings. The van der Waals surface area contributed by atoms with Crippen molar-refractivity contribution in [3.63, 3.8) is 0 Å². The van der Waals surface area contributed by atoms with Crippen molar-refractivity contribution in [3.8, 4) is 0 Å². The van der Waals surface area contributed by atoms with Gasteiger partial charge in [-0.3, -0.25) is 10.8 Å². The summed E-state index contributed by atoms with van der Waals surface area (Å²) in [4.78, 5) is 3.73. The quantitative estimate of drug-likeness (QED) is 0.665. The van der Waals surface area contributed by atoms with Gasteiger partial charge in [0.05, 0.1) is 17.3 Å². The summed E-state index contributed by atoms with van der Waals surface area (Å²) in [5.41, 5.74) is 3.53. The summed E-state index contributed by atoms with van der Waals surface area (Å²) in [5.74, 6) is 4.38. The molecular formula is C12H10ClF2N3. The monoisotopic (exact) mass is 269 g/mol. The first kappa shape index (κ1) is 12.9. The van der Waals surface area contributed by atoms with E-state index in [0.29, 0.717) is 11.1 Å². The number of rotatable bonds is 3. The van der Waals surface area contributed by atoms with E-state index in [9.17, 15) is 8.78 Å². The van der Waals surface area contributed by atoms with Crippen LogP contribution >= 0.6 is 11.6 Å². The second-order valence-corrected chi connectivity index (χ2v) is 4.12. The highest BCUT2D eigenvalue weighted by Crippen LogP contribution is 2.24. The molecule has 94 valence electrons. The molecule has 0 aliphatic carbocycles. The number of hydrazine groups is 1. The topological polar surface area (TPSA) is 50.9 Å². The number of hydrogen-bond donors (Lipinski definition) is 2. The molecule has 0 saturated carbocycles. The Labute approximate surface area is 108 Å². The van der Waals surface area contributed by atoms with Gasteiger partial charge in [0.1, 0.15) is 11.6 Å². The van der Waals surface area contributed by atoms with E-state index in [1.54, 1.807) is 6.07 Å². The molecule has 1 aromatic carbocycles. The zero-order chi connectivity index (χ0) is 13.1. The fourth-order valence-electron chi connectivity index (χ4n) is 1.66. The van der Waals surface area contributed by atoms with Gasteiger partial charge in [0.25, 0.3) is 0 Å². The third kappa shape index (κ3) is 2.64. The Hall–Kier alpha value is -1.56. The number of pyridine rings is 1. The molecule has 6 heteroatoms. The Bertz CT molecular complexity index is 563. The van der Waals surface area contributed by atoms with E-state index in [1.165, 1.54) is 24.4 Å². The summed E-state index contributed by atoms with van der Waals surface area (Å²) >= 11 is 5.60. The van der Waals surface area contributed by atoms with Crippen molar-refractivity contribution < 1.29 is 8.78 Å². The molecule has 2 rings (SSSR count). The predicted octanol–water partition coefficient (Wildman–Crippen LogP) is 2.57. The normalized spacial score (nSPS) is 12.4. The molecule has 1 atom stereocenters. The number of aromatic nitrogens is 1. The predicted molar refractivity (Wildman–Crippen MR) is 64.8 cm³/mol. The molecule has 0 aliphatic rings. The van der Waals surface area contributed by atoms with Crippen LogP contribution in [0.15, 0.2) is 36.7 Å². The molecule has 18 heavy (non-hydrogen) atoms. The van der Waals surface area contributed by atoms with Crippen LogP contribution in [-0.4, -0.2) is 4.98 Å². The SMILES string of the molecule is NNC(c1cncc(F)c1)c1ccc(Cl)c(F)c1. The summed E-state index contributed by atoms with van der Waals surface area (Å²) < 4.78 is 26.5. The number of nitrogens with zero attached hydrogens (tertiary/aromatic N) is 1. The lowest BCUT2D eigenvalue weighted by atomic mass is 10.0. The average molecular weight is 270 g/mol. The highest BCUT2D eigenvalue weighted by molar-refractivity contribution is 6.30. The van der Waals surface area contributed by atoms with Crippen LogP contribution in [0.3, 0.4) is 0 Å². The fraction of sp³-hybridized carbons (Fsp3) is 0.0833. The molecule has 1 aromatic heterocycles. The number of hydrogen-bond acceptors (Lipinski definition) is 3. The molecule has 1 heterocycles. The van der Waals surface area contributed by atoms with Crippen LogP contribution in [0.5, 0.6) is 0 Å².